The molecule has 0 heteroatoms. The SMILES string of the molecule is CC.CC.CC.CC.CC1(C)CCc2ccc3c(c2-c2c(ccc4c2CCCC4)CC1)CCCC3. The minimum absolute atomic E-state index is 0.435. The summed E-state index contributed by atoms with van der Waals surface area (Å²) < 4.78 is 0. The van der Waals surface area contributed by atoms with Gasteiger partial charge in [-0.15, -0.1) is 0 Å². The first-order valence-corrected chi connectivity index (χ1v) is 15.4. The van der Waals surface area contributed by atoms with Crippen LogP contribution in [0.1, 0.15) is 141 Å². The van der Waals surface area contributed by atoms with E-state index >= 15 is 0 Å². The Morgan fingerprint density at radius 1 is 0.429 bits per heavy atom. The van der Waals surface area contributed by atoms with E-state index in [-0.39, 0.29) is 0 Å². The third-order valence-corrected chi connectivity index (χ3v) is 7.63. The molecule has 198 valence electrons. The van der Waals surface area contributed by atoms with E-state index in [1.807, 2.05) is 55.4 Å². The van der Waals surface area contributed by atoms with Gasteiger partial charge in [-0.3, -0.25) is 0 Å². The monoisotopic (exact) mass is 478 g/mol. The molecule has 0 atom stereocenters. The molecular weight excluding hydrogens is 420 g/mol. The molecule has 0 bridgehead atoms. The first-order chi connectivity index (χ1) is 17.1. The molecule has 0 nitrogen and oxygen atoms in total. The Bertz CT molecular complexity index is 797. The van der Waals surface area contributed by atoms with E-state index in [4.69, 9.17) is 0 Å². The zero-order valence-corrected chi connectivity index (χ0v) is 25.3. The number of benzene rings is 2. The minimum atomic E-state index is 0.435. The second kappa shape index (κ2) is 16.2. The second-order valence-electron chi connectivity index (χ2n) is 10.1. The van der Waals surface area contributed by atoms with Crippen LogP contribution >= 0.6 is 0 Å². The lowest BCUT2D eigenvalue weighted by Gasteiger charge is -2.28. The third-order valence-electron chi connectivity index (χ3n) is 7.63. The fraction of sp³-hybridized carbons (Fsp3) is 0.657. The van der Waals surface area contributed by atoms with Crippen LogP contribution in [0.25, 0.3) is 11.1 Å². The van der Waals surface area contributed by atoms with Crippen LogP contribution in [-0.4, -0.2) is 0 Å². The molecule has 0 aromatic heterocycles. The van der Waals surface area contributed by atoms with Crippen molar-refractivity contribution >= 4 is 0 Å². The molecule has 35 heavy (non-hydrogen) atoms. The van der Waals surface area contributed by atoms with Crippen molar-refractivity contribution in [3.8, 4) is 11.1 Å². The Hall–Kier alpha value is -1.56. The highest BCUT2D eigenvalue weighted by Crippen LogP contribution is 2.44. The van der Waals surface area contributed by atoms with E-state index in [0.29, 0.717) is 5.41 Å². The lowest BCUT2D eigenvalue weighted by Crippen LogP contribution is -2.13. The summed E-state index contributed by atoms with van der Waals surface area (Å²) in [6.07, 6.45) is 15.8. The average Bonchev–Trinajstić information content (AvgIpc) is 3.00. The van der Waals surface area contributed by atoms with Crippen molar-refractivity contribution in [3.63, 3.8) is 0 Å². The van der Waals surface area contributed by atoms with E-state index in [1.54, 1.807) is 44.5 Å². The predicted octanol–water partition coefficient (Wildman–Crippen LogP) is 11.1. The van der Waals surface area contributed by atoms with Crippen molar-refractivity contribution in [2.45, 2.75) is 146 Å². The van der Waals surface area contributed by atoms with Crippen LogP contribution in [0, 0.1) is 5.41 Å². The summed E-state index contributed by atoms with van der Waals surface area (Å²) in [6.45, 7) is 21.0. The molecule has 3 aliphatic rings. The van der Waals surface area contributed by atoms with Crippen molar-refractivity contribution in [2.24, 2.45) is 5.41 Å². The summed E-state index contributed by atoms with van der Waals surface area (Å²) in [5.41, 5.74) is 13.9. The van der Waals surface area contributed by atoms with Crippen molar-refractivity contribution in [1.82, 2.24) is 0 Å². The maximum Gasteiger partial charge on any atom is -0.0111 e. The van der Waals surface area contributed by atoms with E-state index in [9.17, 15) is 0 Å². The molecule has 2 aromatic rings. The molecule has 0 saturated carbocycles. The molecule has 2 aromatic carbocycles. The van der Waals surface area contributed by atoms with Gasteiger partial charge in [-0.1, -0.05) is 93.5 Å². The zero-order chi connectivity index (χ0) is 26.4. The summed E-state index contributed by atoms with van der Waals surface area (Å²) in [6, 6.07) is 9.97. The largest absolute Gasteiger partial charge is 0.0683 e. The van der Waals surface area contributed by atoms with E-state index in [2.05, 4.69) is 38.1 Å². The van der Waals surface area contributed by atoms with Gasteiger partial charge in [0.25, 0.3) is 0 Å². The lowest BCUT2D eigenvalue weighted by atomic mass is 9.77. The van der Waals surface area contributed by atoms with Crippen LogP contribution in [-0.2, 0) is 38.5 Å². The van der Waals surface area contributed by atoms with Gasteiger partial charge in [0, 0.05) is 0 Å². The number of aryl methyl sites for hydroxylation is 4. The lowest BCUT2D eigenvalue weighted by molar-refractivity contribution is 0.309. The molecule has 0 heterocycles. The standard InChI is InChI=1S/C27H34.4C2H6/c1-27(2)17-15-21-13-11-19-7-3-5-9-23(19)25(21)26-22(16-18-27)14-12-20-8-4-6-10-24(20)26;4*1-2/h11-14H,3-10,15-18H2,1-2H3;4*1-2H3. The molecule has 0 radical (unpaired) electrons. The topological polar surface area (TPSA) is 0 Å². The molecule has 3 aliphatic carbocycles. The molecule has 0 unspecified atom stereocenters. The normalized spacial score (nSPS) is 16.9. The summed E-state index contributed by atoms with van der Waals surface area (Å²) in [5, 5.41) is 0. The van der Waals surface area contributed by atoms with Crippen molar-refractivity contribution in [2.75, 3.05) is 0 Å². The molecule has 0 spiro atoms. The van der Waals surface area contributed by atoms with Crippen molar-refractivity contribution in [3.05, 3.63) is 57.6 Å². The third kappa shape index (κ3) is 7.71. The van der Waals surface area contributed by atoms with Crippen LogP contribution in [0.3, 0.4) is 0 Å². The van der Waals surface area contributed by atoms with Gasteiger partial charge in [0.15, 0.2) is 0 Å². The highest BCUT2D eigenvalue weighted by atomic mass is 14.3. The minimum Gasteiger partial charge on any atom is -0.0683 e. The Morgan fingerprint density at radius 3 is 1.11 bits per heavy atom. The van der Waals surface area contributed by atoms with Crippen molar-refractivity contribution in [1.29, 1.82) is 0 Å². The highest BCUT2D eigenvalue weighted by molar-refractivity contribution is 5.80. The molecule has 5 rings (SSSR count). The van der Waals surface area contributed by atoms with E-state index in [1.165, 1.54) is 77.0 Å². The second-order valence-corrected chi connectivity index (χ2v) is 10.1. The highest BCUT2D eigenvalue weighted by Gasteiger charge is 2.28. The predicted molar refractivity (Wildman–Crippen MR) is 161 cm³/mol. The Labute approximate surface area is 220 Å². The molecule has 0 saturated heterocycles. The number of hydrogen-bond donors (Lipinski definition) is 0. The maximum atomic E-state index is 2.51. The zero-order valence-electron chi connectivity index (χ0n) is 25.3. The van der Waals surface area contributed by atoms with Gasteiger partial charge in [-0.2, -0.15) is 0 Å². The number of fused-ring (bicyclic) bond motifs is 7. The Kier molecular flexibility index (Phi) is 14.6. The van der Waals surface area contributed by atoms with Crippen molar-refractivity contribution < 1.29 is 0 Å². The summed E-state index contributed by atoms with van der Waals surface area (Å²) >= 11 is 0. The average molecular weight is 479 g/mol. The molecule has 0 fully saturated rings. The van der Waals surface area contributed by atoms with E-state index in [0.717, 1.165) is 0 Å². The van der Waals surface area contributed by atoms with Gasteiger partial charge < -0.3 is 0 Å². The van der Waals surface area contributed by atoms with Crippen LogP contribution in [0.5, 0.6) is 0 Å². The van der Waals surface area contributed by atoms with Gasteiger partial charge in [0.05, 0.1) is 0 Å². The Balaban J connectivity index is 0.000000699. The summed E-state index contributed by atoms with van der Waals surface area (Å²) in [5.74, 6) is 0. The first kappa shape index (κ1) is 31.5. The van der Waals surface area contributed by atoms with Crippen LogP contribution in [0.2, 0.25) is 0 Å². The first-order valence-electron chi connectivity index (χ1n) is 15.4. The van der Waals surface area contributed by atoms with Gasteiger partial charge in [-0.25, -0.2) is 0 Å². The van der Waals surface area contributed by atoms with Gasteiger partial charge >= 0.3 is 0 Å². The maximum absolute atomic E-state index is 2.51. The van der Waals surface area contributed by atoms with Crippen LogP contribution in [0.15, 0.2) is 24.3 Å². The van der Waals surface area contributed by atoms with Gasteiger partial charge in [0.2, 0.25) is 0 Å². The molecule has 0 N–H and O–H groups in total. The molecular formula is C35H58. The summed E-state index contributed by atoms with van der Waals surface area (Å²) in [4.78, 5) is 0. The van der Waals surface area contributed by atoms with Gasteiger partial charge in [0.1, 0.15) is 0 Å². The fourth-order valence-electron chi connectivity index (χ4n) is 5.86. The number of hydrogen-bond acceptors (Lipinski definition) is 0. The fourth-order valence-corrected chi connectivity index (χ4v) is 5.86. The number of rotatable bonds is 0. The van der Waals surface area contributed by atoms with Crippen LogP contribution < -0.4 is 0 Å². The quantitative estimate of drug-likeness (QED) is 0.353. The Morgan fingerprint density at radius 2 is 0.743 bits per heavy atom. The van der Waals surface area contributed by atoms with Gasteiger partial charge in [-0.05, 0) is 127 Å². The molecule has 0 amide bonds. The smallest absolute Gasteiger partial charge is 0.0111 e. The van der Waals surface area contributed by atoms with E-state index < -0.39 is 0 Å². The summed E-state index contributed by atoms with van der Waals surface area (Å²) in [7, 11) is 0. The molecule has 0 aliphatic heterocycles. The van der Waals surface area contributed by atoms with Crippen LogP contribution in [0.4, 0.5) is 0 Å².